The molecule has 2 aliphatic heterocycles. The number of likely N-dealkylation sites (tertiary alicyclic amines) is 1. The lowest BCUT2D eigenvalue weighted by atomic mass is 9.78. The van der Waals surface area contributed by atoms with Gasteiger partial charge in [-0.05, 0) is 47.7 Å². The summed E-state index contributed by atoms with van der Waals surface area (Å²) in [6.45, 7) is 2.60. The number of rotatable bonds is 6. The van der Waals surface area contributed by atoms with Gasteiger partial charge in [0.25, 0.3) is 5.91 Å². The SMILES string of the molecule is COc1ccc([C@@H]2[C@@H](C(=O)O)c3ccccc3C(=O)N2C2CCN(Cc3ccccc3)CC2)cc1. The van der Waals surface area contributed by atoms with Crippen LogP contribution in [-0.2, 0) is 11.3 Å². The van der Waals surface area contributed by atoms with Gasteiger partial charge in [-0.15, -0.1) is 0 Å². The molecule has 0 spiro atoms. The van der Waals surface area contributed by atoms with Crippen LogP contribution in [-0.4, -0.2) is 53.0 Å². The van der Waals surface area contributed by atoms with E-state index < -0.39 is 17.9 Å². The highest BCUT2D eigenvalue weighted by Crippen LogP contribution is 2.45. The Labute approximate surface area is 205 Å². The quantitative estimate of drug-likeness (QED) is 0.564. The van der Waals surface area contributed by atoms with Gasteiger partial charge in [0, 0.05) is 31.2 Å². The van der Waals surface area contributed by atoms with Crippen molar-refractivity contribution >= 4 is 11.9 Å². The number of fused-ring (bicyclic) bond motifs is 1. The number of nitrogens with zero attached hydrogens (tertiary/aromatic N) is 2. The van der Waals surface area contributed by atoms with E-state index >= 15 is 0 Å². The topological polar surface area (TPSA) is 70.1 Å². The highest BCUT2D eigenvalue weighted by Gasteiger charge is 2.47. The second-order valence-corrected chi connectivity index (χ2v) is 9.33. The molecule has 6 heteroatoms. The molecule has 2 aliphatic rings. The summed E-state index contributed by atoms with van der Waals surface area (Å²) < 4.78 is 5.31. The van der Waals surface area contributed by atoms with Crippen molar-refractivity contribution in [2.45, 2.75) is 37.4 Å². The molecule has 6 nitrogen and oxygen atoms in total. The number of ether oxygens (including phenoxy) is 1. The van der Waals surface area contributed by atoms with E-state index in [1.54, 1.807) is 19.2 Å². The van der Waals surface area contributed by atoms with Crippen molar-refractivity contribution in [3.05, 3.63) is 101 Å². The third kappa shape index (κ3) is 4.54. The van der Waals surface area contributed by atoms with Crippen molar-refractivity contribution in [2.24, 2.45) is 0 Å². The first-order valence-corrected chi connectivity index (χ1v) is 12.1. The first-order chi connectivity index (χ1) is 17.1. The second-order valence-electron chi connectivity index (χ2n) is 9.33. The number of amides is 1. The minimum Gasteiger partial charge on any atom is -0.497 e. The Balaban J connectivity index is 1.47. The summed E-state index contributed by atoms with van der Waals surface area (Å²) in [5.41, 5.74) is 3.17. The Morgan fingerprint density at radius 1 is 0.943 bits per heavy atom. The smallest absolute Gasteiger partial charge is 0.313 e. The fourth-order valence-electron chi connectivity index (χ4n) is 5.57. The van der Waals surface area contributed by atoms with Crippen molar-refractivity contribution in [2.75, 3.05) is 20.2 Å². The summed E-state index contributed by atoms with van der Waals surface area (Å²) in [6, 6.07) is 24.4. The Morgan fingerprint density at radius 2 is 1.60 bits per heavy atom. The van der Waals surface area contributed by atoms with Gasteiger partial charge in [0.15, 0.2) is 0 Å². The molecule has 0 saturated carbocycles. The van der Waals surface area contributed by atoms with Gasteiger partial charge in [-0.3, -0.25) is 14.5 Å². The Bertz CT molecular complexity index is 1190. The van der Waals surface area contributed by atoms with E-state index in [4.69, 9.17) is 4.74 Å². The van der Waals surface area contributed by atoms with Crippen LogP contribution < -0.4 is 4.74 Å². The van der Waals surface area contributed by atoms with Crippen LogP contribution in [0, 0.1) is 0 Å². The van der Waals surface area contributed by atoms with Crippen molar-refractivity contribution in [1.82, 2.24) is 9.80 Å². The van der Waals surface area contributed by atoms with Gasteiger partial charge in [-0.2, -0.15) is 0 Å². The van der Waals surface area contributed by atoms with Crippen LogP contribution in [0.2, 0.25) is 0 Å². The number of carboxylic acids is 1. The Hall–Kier alpha value is -3.64. The van der Waals surface area contributed by atoms with Crippen molar-refractivity contribution < 1.29 is 19.4 Å². The highest BCUT2D eigenvalue weighted by molar-refractivity contribution is 6.00. The largest absolute Gasteiger partial charge is 0.497 e. The molecule has 35 heavy (non-hydrogen) atoms. The van der Waals surface area contributed by atoms with Gasteiger partial charge < -0.3 is 14.7 Å². The van der Waals surface area contributed by atoms with Crippen molar-refractivity contribution in [3.8, 4) is 5.75 Å². The number of hydrogen-bond donors (Lipinski definition) is 1. The molecule has 2 atom stereocenters. The molecule has 5 rings (SSSR count). The van der Waals surface area contributed by atoms with E-state index in [2.05, 4.69) is 29.2 Å². The monoisotopic (exact) mass is 470 g/mol. The molecule has 0 bridgehead atoms. The molecule has 0 aliphatic carbocycles. The molecule has 3 aromatic rings. The van der Waals surface area contributed by atoms with Crippen LogP contribution in [0.1, 0.15) is 51.8 Å². The minimum absolute atomic E-state index is 0.0307. The zero-order valence-corrected chi connectivity index (χ0v) is 19.8. The number of aliphatic carboxylic acids is 1. The average molecular weight is 471 g/mol. The molecule has 2 heterocycles. The summed E-state index contributed by atoms with van der Waals surface area (Å²) in [6.07, 6.45) is 1.61. The van der Waals surface area contributed by atoms with E-state index in [1.165, 1.54) is 5.56 Å². The van der Waals surface area contributed by atoms with Crippen molar-refractivity contribution in [1.29, 1.82) is 0 Å². The standard InChI is InChI=1S/C29H30N2O4/c1-35-23-13-11-21(12-14-23)27-26(29(33)34)24-9-5-6-10-25(24)28(32)31(27)22-15-17-30(18-16-22)19-20-7-3-2-4-8-20/h2-14,22,26-27H,15-19H2,1H3,(H,33,34)/t26-,27+/m0/s1. The van der Waals surface area contributed by atoms with E-state index in [-0.39, 0.29) is 11.9 Å². The number of carboxylic acid groups (broad SMARTS) is 1. The van der Waals surface area contributed by atoms with Gasteiger partial charge in [0.05, 0.1) is 13.2 Å². The molecule has 3 aromatic carbocycles. The fraction of sp³-hybridized carbons (Fsp3) is 0.310. The maximum absolute atomic E-state index is 13.9. The maximum atomic E-state index is 13.9. The molecule has 0 unspecified atom stereocenters. The Morgan fingerprint density at radius 3 is 2.26 bits per heavy atom. The normalized spacial score (nSPS) is 20.9. The zero-order chi connectivity index (χ0) is 24.4. The fourth-order valence-corrected chi connectivity index (χ4v) is 5.57. The highest BCUT2D eigenvalue weighted by atomic mass is 16.5. The number of hydrogen-bond acceptors (Lipinski definition) is 4. The summed E-state index contributed by atoms with van der Waals surface area (Å²) >= 11 is 0. The molecule has 1 N–H and O–H groups in total. The molecule has 1 amide bonds. The molecular weight excluding hydrogens is 440 g/mol. The molecule has 1 fully saturated rings. The molecule has 0 aromatic heterocycles. The molecule has 180 valence electrons. The third-order valence-electron chi connectivity index (χ3n) is 7.30. The lowest BCUT2D eigenvalue weighted by molar-refractivity contribution is -0.141. The zero-order valence-electron chi connectivity index (χ0n) is 19.8. The van der Waals surface area contributed by atoms with E-state index in [0.29, 0.717) is 16.9 Å². The van der Waals surface area contributed by atoms with E-state index in [0.717, 1.165) is 38.0 Å². The van der Waals surface area contributed by atoms with Gasteiger partial charge in [0.1, 0.15) is 11.7 Å². The van der Waals surface area contributed by atoms with Crippen molar-refractivity contribution in [3.63, 3.8) is 0 Å². The van der Waals surface area contributed by atoms with Gasteiger partial charge in [0.2, 0.25) is 0 Å². The lowest BCUT2D eigenvalue weighted by Crippen LogP contribution is -2.53. The Kier molecular flexibility index (Phi) is 6.55. The number of carbonyl (C=O) groups excluding carboxylic acids is 1. The number of benzene rings is 3. The number of carbonyl (C=O) groups is 2. The first kappa shape index (κ1) is 23.1. The number of piperidine rings is 1. The molecule has 1 saturated heterocycles. The lowest BCUT2D eigenvalue weighted by Gasteiger charge is -2.47. The first-order valence-electron chi connectivity index (χ1n) is 12.1. The van der Waals surface area contributed by atoms with Gasteiger partial charge >= 0.3 is 5.97 Å². The summed E-state index contributed by atoms with van der Waals surface area (Å²) in [5, 5.41) is 10.4. The van der Waals surface area contributed by atoms with E-state index in [1.807, 2.05) is 47.4 Å². The van der Waals surface area contributed by atoms with Gasteiger partial charge in [-0.25, -0.2) is 0 Å². The molecule has 0 radical (unpaired) electrons. The number of methoxy groups -OCH3 is 1. The predicted molar refractivity (Wildman–Crippen MR) is 133 cm³/mol. The maximum Gasteiger partial charge on any atom is 0.313 e. The van der Waals surface area contributed by atoms with Gasteiger partial charge in [-0.1, -0.05) is 60.7 Å². The van der Waals surface area contributed by atoms with Crippen LogP contribution in [0.25, 0.3) is 0 Å². The van der Waals surface area contributed by atoms with E-state index in [9.17, 15) is 14.7 Å². The second kappa shape index (κ2) is 9.92. The van der Waals surface area contributed by atoms with Crippen LogP contribution in [0.15, 0.2) is 78.9 Å². The average Bonchev–Trinajstić information content (AvgIpc) is 2.90. The summed E-state index contributed by atoms with van der Waals surface area (Å²) in [4.78, 5) is 30.8. The summed E-state index contributed by atoms with van der Waals surface area (Å²) in [7, 11) is 1.60. The molecular formula is C29H30N2O4. The third-order valence-corrected chi connectivity index (χ3v) is 7.30. The van der Waals surface area contributed by atoms with Crippen LogP contribution in [0.5, 0.6) is 5.75 Å². The van der Waals surface area contributed by atoms with Crippen LogP contribution in [0.3, 0.4) is 0 Å². The summed E-state index contributed by atoms with van der Waals surface area (Å²) in [5.74, 6) is -1.14. The minimum atomic E-state index is -0.919. The van der Waals surface area contributed by atoms with Crippen LogP contribution >= 0.6 is 0 Å². The predicted octanol–water partition coefficient (Wildman–Crippen LogP) is 4.73. The van der Waals surface area contributed by atoms with Crippen LogP contribution in [0.4, 0.5) is 0 Å².